The fourth-order valence-electron chi connectivity index (χ4n) is 1.40. The van der Waals surface area contributed by atoms with E-state index < -0.39 is 30.4 Å². The number of anilines is 1. The van der Waals surface area contributed by atoms with E-state index >= 15 is 0 Å². The minimum atomic E-state index is -1.50. The second kappa shape index (κ2) is 6.98. The van der Waals surface area contributed by atoms with Crippen molar-refractivity contribution < 1.29 is 29.3 Å². The summed E-state index contributed by atoms with van der Waals surface area (Å²) in [5.41, 5.74) is 0.390. The van der Waals surface area contributed by atoms with Gasteiger partial charge in [-0.15, -0.1) is 0 Å². The molecular formula is C12H14N2O6. The first kappa shape index (κ1) is 15.3. The summed E-state index contributed by atoms with van der Waals surface area (Å²) in [5.74, 6) is -2.23. The number of amides is 2. The molecule has 0 spiro atoms. The molecule has 0 aliphatic rings. The lowest BCUT2D eigenvalue weighted by atomic mass is 10.2. The SMILES string of the molecule is COc1cccc(NC(=O)NC(CC(=O)O)C(=O)O)c1. The van der Waals surface area contributed by atoms with Crippen molar-refractivity contribution in [3.63, 3.8) is 0 Å². The number of ether oxygens (including phenoxy) is 1. The van der Waals surface area contributed by atoms with Crippen LogP contribution in [-0.2, 0) is 9.59 Å². The minimum absolute atomic E-state index is 0.390. The Bertz CT molecular complexity index is 516. The molecule has 20 heavy (non-hydrogen) atoms. The smallest absolute Gasteiger partial charge is 0.326 e. The van der Waals surface area contributed by atoms with Crippen LogP contribution in [0.2, 0.25) is 0 Å². The Morgan fingerprint density at radius 2 is 2.00 bits per heavy atom. The first-order chi connectivity index (χ1) is 9.42. The molecule has 0 aliphatic heterocycles. The molecule has 1 unspecified atom stereocenters. The number of benzene rings is 1. The Labute approximate surface area is 114 Å². The molecule has 0 bridgehead atoms. The van der Waals surface area contributed by atoms with Gasteiger partial charge in [-0.1, -0.05) is 6.07 Å². The molecule has 2 amide bonds. The minimum Gasteiger partial charge on any atom is -0.497 e. The fourth-order valence-corrected chi connectivity index (χ4v) is 1.40. The van der Waals surface area contributed by atoms with E-state index in [0.29, 0.717) is 11.4 Å². The number of carbonyl (C=O) groups excluding carboxylic acids is 1. The summed E-state index contributed by atoms with van der Waals surface area (Å²) < 4.78 is 4.96. The summed E-state index contributed by atoms with van der Waals surface area (Å²) in [5, 5.41) is 21.8. The van der Waals surface area contributed by atoms with Crippen LogP contribution in [-0.4, -0.2) is 41.3 Å². The highest BCUT2D eigenvalue weighted by molar-refractivity contribution is 5.93. The van der Waals surface area contributed by atoms with E-state index in [1.165, 1.54) is 13.2 Å². The quantitative estimate of drug-likeness (QED) is 0.610. The van der Waals surface area contributed by atoms with Crippen molar-refractivity contribution in [3.8, 4) is 5.75 Å². The number of hydrogen-bond donors (Lipinski definition) is 4. The molecule has 1 rings (SSSR count). The standard InChI is InChI=1S/C12H14N2O6/c1-20-8-4-2-3-7(5-8)13-12(19)14-9(11(17)18)6-10(15)16/h2-5,9H,6H2,1H3,(H,15,16)(H,17,18)(H2,13,14,19). The van der Waals surface area contributed by atoms with Crippen molar-refractivity contribution in [2.75, 3.05) is 12.4 Å². The molecule has 0 saturated heterocycles. The normalized spacial score (nSPS) is 11.2. The van der Waals surface area contributed by atoms with Gasteiger partial charge in [-0.05, 0) is 12.1 Å². The predicted octanol–water partition coefficient (Wildman–Crippen LogP) is 0.745. The number of carboxylic acid groups (broad SMARTS) is 2. The van der Waals surface area contributed by atoms with Crippen LogP contribution in [0.15, 0.2) is 24.3 Å². The molecule has 0 aliphatic carbocycles. The van der Waals surface area contributed by atoms with Crippen LogP contribution in [0.4, 0.5) is 10.5 Å². The maximum Gasteiger partial charge on any atom is 0.326 e. The maximum absolute atomic E-state index is 11.6. The summed E-state index contributed by atoms with van der Waals surface area (Å²) in [6.45, 7) is 0. The van der Waals surface area contributed by atoms with E-state index in [2.05, 4.69) is 10.6 Å². The molecule has 0 saturated carbocycles. The number of nitrogens with one attached hydrogen (secondary N) is 2. The molecule has 108 valence electrons. The fraction of sp³-hybridized carbons (Fsp3) is 0.250. The van der Waals surface area contributed by atoms with Crippen LogP contribution in [0.1, 0.15) is 6.42 Å². The van der Waals surface area contributed by atoms with Gasteiger partial charge in [0.25, 0.3) is 0 Å². The third kappa shape index (κ3) is 4.84. The van der Waals surface area contributed by atoms with Crippen LogP contribution in [0.5, 0.6) is 5.75 Å². The zero-order chi connectivity index (χ0) is 15.1. The lowest BCUT2D eigenvalue weighted by Crippen LogP contribution is -2.44. The number of methoxy groups -OCH3 is 1. The molecule has 8 nitrogen and oxygen atoms in total. The van der Waals surface area contributed by atoms with Gasteiger partial charge in [0.15, 0.2) is 0 Å². The molecule has 0 heterocycles. The Balaban J connectivity index is 2.65. The number of carboxylic acids is 2. The molecule has 8 heteroatoms. The monoisotopic (exact) mass is 282 g/mol. The second-order valence-corrected chi connectivity index (χ2v) is 3.82. The van der Waals surface area contributed by atoms with Crippen molar-refractivity contribution in [1.82, 2.24) is 5.32 Å². The van der Waals surface area contributed by atoms with Gasteiger partial charge in [-0.25, -0.2) is 9.59 Å². The van der Waals surface area contributed by atoms with E-state index in [4.69, 9.17) is 14.9 Å². The van der Waals surface area contributed by atoms with Crippen molar-refractivity contribution in [1.29, 1.82) is 0 Å². The summed E-state index contributed by atoms with van der Waals surface area (Å²) in [6, 6.07) is 4.11. The molecule has 1 atom stereocenters. The first-order valence-electron chi connectivity index (χ1n) is 5.58. The highest BCUT2D eigenvalue weighted by atomic mass is 16.5. The maximum atomic E-state index is 11.6. The van der Waals surface area contributed by atoms with Crippen LogP contribution >= 0.6 is 0 Å². The van der Waals surface area contributed by atoms with Crippen molar-refractivity contribution in [2.45, 2.75) is 12.5 Å². The lowest BCUT2D eigenvalue weighted by molar-refractivity contribution is -0.145. The molecule has 0 fully saturated rings. The second-order valence-electron chi connectivity index (χ2n) is 3.82. The van der Waals surface area contributed by atoms with E-state index in [0.717, 1.165) is 0 Å². The third-order valence-corrected chi connectivity index (χ3v) is 2.31. The van der Waals surface area contributed by atoms with E-state index in [9.17, 15) is 14.4 Å². The van der Waals surface area contributed by atoms with Gasteiger partial charge in [0.05, 0.1) is 13.5 Å². The average Bonchev–Trinajstić information content (AvgIpc) is 2.37. The topological polar surface area (TPSA) is 125 Å². The first-order valence-corrected chi connectivity index (χ1v) is 5.58. The Hall–Kier alpha value is -2.77. The van der Waals surface area contributed by atoms with Crippen molar-refractivity contribution in [2.24, 2.45) is 0 Å². The van der Waals surface area contributed by atoms with E-state index in [1.807, 2.05) is 0 Å². The molecule has 4 N–H and O–H groups in total. The van der Waals surface area contributed by atoms with Gasteiger partial charge in [0.1, 0.15) is 11.8 Å². The molecule has 1 aromatic carbocycles. The van der Waals surface area contributed by atoms with E-state index in [1.54, 1.807) is 18.2 Å². The highest BCUT2D eigenvalue weighted by Gasteiger charge is 2.22. The van der Waals surface area contributed by atoms with E-state index in [-0.39, 0.29) is 0 Å². The largest absolute Gasteiger partial charge is 0.497 e. The predicted molar refractivity (Wildman–Crippen MR) is 68.8 cm³/mol. The Kier molecular flexibility index (Phi) is 5.33. The Morgan fingerprint density at radius 3 is 2.55 bits per heavy atom. The number of aliphatic carboxylic acids is 2. The van der Waals surface area contributed by atoms with Crippen molar-refractivity contribution in [3.05, 3.63) is 24.3 Å². The molecule has 1 aromatic rings. The molecular weight excluding hydrogens is 268 g/mol. The van der Waals surface area contributed by atoms with Gasteiger partial charge in [-0.2, -0.15) is 0 Å². The molecule has 0 radical (unpaired) electrons. The summed E-state index contributed by atoms with van der Waals surface area (Å²) in [4.78, 5) is 32.9. The summed E-state index contributed by atoms with van der Waals surface area (Å²) >= 11 is 0. The Morgan fingerprint density at radius 1 is 1.30 bits per heavy atom. The number of urea groups is 1. The van der Waals surface area contributed by atoms with Gasteiger partial charge < -0.3 is 25.6 Å². The zero-order valence-corrected chi connectivity index (χ0v) is 10.6. The van der Waals surface area contributed by atoms with Crippen LogP contribution in [0.25, 0.3) is 0 Å². The average molecular weight is 282 g/mol. The number of carbonyl (C=O) groups is 3. The lowest BCUT2D eigenvalue weighted by Gasteiger charge is -2.13. The number of hydrogen-bond acceptors (Lipinski definition) is 4. The van der Waals surface area contributed by atoms with Gasteiger partial charge in [-0.3, -0.25) is 4.79 Å². The third-order valence-electron chi connectivity index (χ3n) is 2.31. The van der Waals surface area contributed by atoms with Gasteiger partial charge >= 0.3 is 18.0 Å². The van der Waals surface area contributed by atoms with Crippen LogP contribution < -0.4 is 15.4 Å². The van der Waals surface area contributed by atoms with Gasteiger partial charge in [0, 0.05) is 11.8 Å². The van der Waals surface area contributed by atoms with Crippen molar-refractivity contribution >= 4 is 23.7 Å². The molecule has 0 aromatic heterocycles. The zero-order valence-electron chi connectivity index (χ0n) is 10.6. The summed E-state index contributed by atoms with van der Waals surface area (Å²) in [6.07, 6.45) is -0.707. The van der Waals surface area contributed by atoms with Crippen LogP contribution in [0.3, 0.4) is 0 Å². The summed E-state index contributed by atoms with van der Waals surface area (Å²) in [7, 11) is 1.46. The number of rotatable bonds is 6. The van der Waals surface area contributed by atoms with Crippen LogP contribution in [0, 0.1) is 0 Å². The highest BCUT2D eigenvalue weighted by Crippen LogP contribution is 2.16. The van der Waals surface area contributed by atoms with Gasteiger partial charge in [0.2, 0.25) is 0 Å².